The van der Waals surface area contributed by atoms with Gasteiger partial charge in [-0.15, -0.1) is 11.3 Å². The van der Waals surface area contributed by atoms with E-state index in [0.29, 0.717) is 18.8 Å². The van der Waals surface area contributed by atoms with Crippen LogP contribution in [0.4, 0.5) is 11.4 Å². The van der Waals surface area contributed by atoms with Crippen molar-refractivity contribution in [3.8, 4) is 0 Å². The lowest BCUT2D eigenvalue weighted by Gasteiger charge is -2.18. The summed E-state index contributed by atoms with van der Waals surface area (Å²) in [5, 5.41) is 14.7. The molecule has 1 unspecified atom stereocenters. The van der Waals surface area contributed by atoms with Crippen LogP contribution in [0.2, 0.25) is 0 Å². The van der Waals surface area contributed by atoms with E-state index in [-0.39, 0.29) is 23.2 Å². The van der Waals surface area contributed by atoms with E-state index in [1.165, 1.54) is 15.8 Å². The van der Waals surface area contributed by atoms with Crippen molar-refractivity contribution in [2.45, 2.75) is 32.7 Å². The van der Waals surface area contributed by atoms with Gasteiger partial charge in [-0.05, 0) is 51.0 Å². The minimum absolute atomic E-state index is 0.0647. The summed E-state index contributed by atoms with van der Waals surface area (Å²) in [4.78, 5) is 27.6. The van der Waals surface area contributed by atoms with Crippen molar-refractivity contribution in [1.82, 2.24) is 4.90 Å². The Morgan fingerprint density at radius 2 is 2.00 bits per heavy atom. The first kappa shape index (κ1) is 17.4. The van der Waals surface area contributed by atoms with E-state index >= 15 is 0 Å². The highest BCUT2D eigenvalue weighted by Crippen LogP contribution is 2.29. The molecule has 1 aliphatic rings. The van der Waals surface area contributed by atoms with Gasteiger partial charge in [-0.1, -0.05) is 0 Å². The Labute approximate surface area is 150 Å². The van der Waals surface area contributed by atoms with Crippen LogP contribution >= 0.6 is 11.3 Å². The van der Waals surface area contributed by atoms with Crippen molar-refractivity contribution in [2.24, 2.45) is 0 Å². The first-order valence-electron chi connectivity index (χ1n) is 8.36. The molecular weight excluding hydrogens is 338 g/mol. The third kappa shape index (κ3) is 3.82. The van der Waals surface area contributed by atoms with E-state index in [4.69, 9.17) is 0 Å². The maximum Gasteiger partial charge on any atom is 0.282 e. The van der Waals surface area contributed by atoms with Crippen LogP contribution in [0.5, 0.6) is 0 Å². The molecule has 1 N–H and O–H groups in total. The number of nitro groups is 1. The molecule has 6 nitrogen and oxygen atoms in total. The third-order valence-electron chi connectivity index (χ3n) is 4.39. The number of benzene rings is 1. The predicted octanol–water partition coefficient (Wildman–Crippen LogP) is 4.37. The van der Waals surface area contributed by atoms with Gasteiger partial charge >= 0.3 is 0 Å². The molecule has 0 aliphatic carbocycles. The summed E-state index contributed by atoms with van der Waals surface area (Å²) in [6, 6.07) is 8.88. The van der Waals surface area contributed by atoms with E-state index in [0.717, 1.165) is 12.8 Å². The number of likely N-dealkylation sites (tertiary alicyclic amines) is 1. The number of thiophene rings is 1. The van der Waals surface area contributed by atoms with E-state index in [9.17, 15) is 14.9 Å². The minimum Gasteiger partial charge on any atom is -0.378 e. The summed E-state index contributed by atoms with van der Waals surface area (Å²) >= 11 is 1.71. The molecule has 25 heavy (non-hydrogen) atoms. The Kier molecular flexibility index (Phi) is 5.03. The Bertz CT molecular complexity index is 797. The maximum absolute atomic E-state index is 12.7. The van der Waals surface area contributed by atoms with Gasteiger partial charge in [0.05, 0.1) is 11.0 Å². The van der Waals surface area contributed by atoms with Crippen LogP contribution in [0, 0.1) is 17.0 Å². The van der Waals surface area contributed by atoms with Crippen molar-refractivity contribution in [3.63, 3.8) is 0 Å². The lowest BCUT2D eigenvalue weighted by molar-refractivity contribution is -0.385. The van der Waals surface area contributed by atoms with Gasteiger partial charge in [-0.3, -0.25) is 14.9 Å². The molecule has 132 valence electrons. The van der Waals surface area contributed by atoms with E-state index in [2.05, 4.69) is 24.4 Å². The standard InChI is InChI=1S/C18H21N3O3S/c1-12-5-8-17(25-12)13(2)19-14-6-7-16(21(23)24)15(11-14)18(22)20-9-3-4-10-20/h5-8,11,13,19H,3-4,9-10H2,1-2H3. The number of nitrogens with one attached hydrogen (secondary N) is 1. The number of amides is 1. The molecule has 0 radical (unpaired) electrons. The molecule has 1 aromatic heterocycles. The van der Waals surface area contributed by atoms with Gasteiger partial charge < -0.3 is 10.2 Å². The normalized spacial score (nSPS) is 15.2. The number of carbonyl (C=O) groups excluding carboxylic acids is 1. The van der Waals surface area contributed by atoms with Crippen molar-refractivity contribution in [3.05, 3.63) is 55.8 Å². The molecule has 1 atom stereocenters. The molecular formula is C18H21N3O3S. The van der Waals surface area contributed by atoms with Crippen LogP contribution in [0.3, 0.4) is 0 Å². The van der Waals surface area contributed by atoms with Crippen molar-refractivity contribution < 1.29 is 9.72 Å². The second-order valence-corrected chi connectivity index (χ2v) is 7.62. The lowest BCUT2D eigenvalue weighted by Crippen LogP contribution is -2.28. The number of hydrogen-bond donors (Lipinski definition) is 1. The second-order valence-electron chi connectivity index (χ2n) is 6.30. The summed E-state index contributed by atoms with van der Waals surface area (Å²) < 4.78 is 0. The molecule has 0 bridgehead atoms. The predicted molar refractivity (Wildman–Crippen MR) is 99.3 cm³/mol. The van der Waals surface area contributed by atoms with Gasteiger partial charge in [0.2, 0.25) is 0 Å². The number of carbonyl (C=O) groups is 1. The number of aryl methyl sites for hydroxylation is 1. The smallest absolute Gasteiger partial charge is 0.282 e. The van der Waals surface area contributed by atoms with Crippen LogP contribution in [0.25, 0.3) is 0 Å². The van der Waals surface area contributed by atoms with Crippen molar-refractivity contribution in [1.29, 1.82) is 0 Å². The quantitative estimate of drug-likeness (QED) is 0.635. The van der Waals surface area contributed by atoms with Crippen LogP contribution in [-0.4, -0.2) is 28.8 Å². The topological polar surface area (TPSA) is 75.5 Å². The molecule has 0 saturated carbocycles. The first-order chi connectivity index (χ1) is 12.0. The zero-order valence-corrected chi connectivity index (χ0v) is 15.1. The van der Waals surface area contributed by atoms with Crippen LogP contribution in [0.15, 0.2) is 30.3 Å². The fraction of sp³-hybridized carbons (Fsp3) is 0.389. The SMILES string of the molecule is Cc1ccc(C(C)Nc2ccc([N+](=O)[O-])c(C(=O)N3CCCC3)c2)s1. The number of rotatable bonds is 5. The molecule has 7 heteroatoms. The summed E-state index contributed by atoms with van der Waals surface area (Å²) in [6.45, 7) is 5.42. The summed E-state index contributed by atoms with van der Waals surface area (Å²) in [5.74, 6) is -0.257. The van der Waals surface area contributed by atoms with Gasteiger partial charge in [0.15, 0.2) is 0 Å². The Hall–Kier alpha value is -2.41. The fourth-order valence-electron chi connectivity index (χ4n) is 3.05. The molecule has 1 saturated heterocycles. The number of nitro benzene ring substituents is 1. The molecule has 1 fully saturated rings. The van der Waals surface area contributed by atoms with Gasteiger partial charge in [0, 0.05) is 34.6 Å². The van der Waals surface area contributed by atoms with Crippen LogP contribution in [-0.2, 0) is 0 Å². The van der Waals surface area contributed by atoms with Crippen LogP contribution < -0.4 is 5.32 Å². The van der Waals surface area contributed by atoms with E-state index < -0.39 is 4.92 Å². The van der Waals surface area contributed by atoms with E-state index in [1.54, 1.807) is 28.4 Å². The molecule has 0 spiro atoms. The average Bonchev–Trinajstić information content (AvgIpc) is 3.25. The maximum atomic E-state index is 12.7. The summed E-state index contributed by atoms with van der Waals surface area (Å²) in [7, 11) is 0. The molecule has 2 heterocycles. The molecule has 2 aromatic rings. The highest BCUT2D eigenvalue weighted by molar-refractivity contribution is 7.12. The zero-order valence-electron chi connectivity index (χ0n) is 14.3. The van der Waals surface area contributed by atoms with Crippen molar-refractivity contribution in [2.75, 3.05) is 18.4 Å². The Morgan fingerprint density at radius 1 is 1.28 bits per heavy atom. The minimum atomic E-state index is -0.487. The molecule has 1 aromatic carbocycles. The molecule has 3 rings (SSSR count). The second kappa shape index (κ2) is 7.23. The van der Waals surface area contributed by atoms with Gasteiger partial charge in [0.1, 0.15) is 5.56 Å². The Morgan fingerprint density at radius 3 is 2.60 bits per heavy atom. The number of hydrogen-bond acceptors (Lipinski definition) is 5. The highest BCUT2D eigenvalue weighted by atomic mass is 32.1. The molecule has 1 amide bonds. The lowest BCUT2D eigenvalue weighted by atomic mass is 10.1. The van der Waals surface area contributed by atoms with Gasteiger partial charge in [-0.2, -0.15) is 0 Å². The Balaban J connectivity index is 1.86. The van der Waals surface area contributed by atoms with Crippen LogP contribution in [0.1, 0.15) is 45.9 Å². The average molecular weight is 359 g/mol. The largest absolute Gasteiger partial charge is 0.378 e. The monoisotopic (exact) mass is 359 g/mol. The summed E-state index contributed by atoms with van der Waals surface area (Å²) in [5.41, 5.74) is 0.736. The van der Waals surface area contributed by atoms with Gasteiger partial charge in [-0.25, -0.2) is 0 Å². The number of anilines is 1. The summed E-state index contributed by atoms with van der Waals surface area (Å²) in [6.07, 6.45) is 1.90. The fourth-order valence-corrected chi connectivity index (χ4v) is 3.93. The highest BCUT2D eigenvalue weighted by Gasteiger charge is 2.27. The van der Waals surface area contributed by atoms with E-state index in [1.807, 2.05) is 6.92 Å². The molecule has 1 aliphatic heterocycles. The number of nitrogens with zero attached hydrogens (tertiary/aromatic N) is 2. The van der Waals surface area contributed by atoms with Crippen molar-refractivity contribution >= 4 is 28.6 Å². The van der Waals surface area contributed by atoms with Gasteiger partial charge in [0.25, 0.3) is 11.6 Å². The third-order valence-corrected chi connectivity index (χ3v) is 5.57. The first-order valence-corrected chi connectivity index (χ1v) is 9.18. The zero-order chi connectivity index (χ0) is 18.0.